The highest BCUT2D eigenvalue weighted by Gasteiger charge is 2.58. The molecule has 5 heteroatoms. The van der Waals surface area contributed by atoms with Crippen molar-refractivity contribution in [3.63, 3.8) is 0 Å². The molecule has 1 amide bonds. The number of hydrogen-bond donors (Lipinski definition) is 0. The van der Waals surface area contributed by atoms with Crippen molar-refractivity contribution in [1.29, 1.82) is 0 Å². The lowest BCUT2D eigenvalue weighted by molar-refractivity contribution is -0.155. The first-order valence-electron chi connectivity index (χ1n) is 7.02. The zero-order valence-corrected chi connectivity index (χ0v) is 12.1. The van der Waals surface area contributed by atoms with Gasteiger partial charge in [0.15, 0.2) is 0 Å². The smallest absolute Gasteiger partial charge is 0.321 e. The lowest BCUT2D eigenvalue weighted by atomic mass is 9.97. The van der Waals surface area contributed by atoms with E-state index in [0.29, 0.717) is 18.8 Å². The van der Waals surface area contributed by atoms with E-state index in [4.69, 9.17) is 4.74 Å². The quantitative estimate of drug-likeness (QED) is 0.557. The molecule has 1 saturated heterocycles. The number of carbonyl (C=O) groups excluding carboxylic acids is 2. The van der Waals surface area contributed by atoms with Crippen LogP contribution >= 0.6 is 0 Å². The Kier molecular flexibility index (Phi) is 4.13. The van der Waals surface area contributed by atoms with Gasteiger partial charge in [-0.15, -0.1) is 0 Å². The second kappa shape index (κ2) is 5.49. The molecule has 1 aliphatic heterocycles. The fourth-order valence-electron chi connectivity index (χ4n) is 3.08. The Balaban J connectivity index is 1.91. The first kappa shape index (κ1) is 14.3. The number of amides is 1. The Morgan fingerprint density at radius 2 is 2.11 bits per heavy atom. The number of methoxy groups -OCH3 is 1. The molecule has 0 spiro atoms. The molecule has 1 unspecified atom stereocenters. The molecule has 0 bridgehead atoms. The van der Waals surface area contributed by atoms with E-state index in [2.05, 4.69) is 11.9 Å². The van der Waals surface area contributed by atoms with Crippen molar-refractivity contribution < 1.29 is 14.3 Å². The maximum Gasteiger partial charge on any atom is 0.321 e. The van der Waals surface area contributed by atoms with Gasteiger partial charge in [-0.2, -0.15) is 0 Å². The minimum Gasteiger partial charge on any atom is -0.468 e. The first-order chi connectivity index (χ1) is 8.99. The summed E-state index contributed by atoms with van der Waals surface area (Å²) in [6.07, 6.45) is 3.61. The summed E-state index contributed by atoms with van der Waals surface area (Å²) in [6, 6.07) is 0. The number of carbonyl (C=O) groups is 2. The Bertz CT molecular complexity index is 366. The Morgan fingerprint density at radius 1 is 1.42 bits per heavy atom. The van der Waals surface area contributed by atoms with E-state index in [1.807, 2.05) is 0 Å². The van der Waals surface area contributed by atoms with Gasteiger partial charge in [0.2, 0.25) is 5.91 Å². The van der Waals surface area contributed by atoms with Gasteiger partial charge in [0, 0.05) is 20.1 Å². The summed E-state index contributed by atoms with van der Waals surface area (Å²) in [5.41, 5.74) is -0.857. The molecule has 19 heavy (non-hydrogen) atoms. The standard InChI is InChI=1S/C14H24N2O3/c1-15-8-4-5-11(9-15)10-16(2)12(17)14(6-7-14)13(18)19-3/h11H,4-10H2,1-3H3. The number of esters is 1. The van der Waals surface area contributed by atoms with Crippen molar-refractivity contribution in [1.82, 2.24) is 9.80 Å². The molecular formula is C14H24N2O3. The number of piperidine rings is 1. The maximum atomic E-state index is 12.4. The van der Waals surface area contributed by atoms with Crippen LogP contribution in [0.25, 0.3) is 0 Å². The van der Waals surface area contributed by atoms with E-state index >= 15 is 0 Å². The molecule has 108 valence electrons. The number of rotatable bonds is 4. The fraction of sp³-hybridized carbons (Fsp3) is 0.857. The average Bonchev–Trinajstić information content (AvgIpc) is 3.18. The minimum atomic E-state index is -0.857. The van der Waals surface area contributed by atoms with E-state index < -0.39 is 5.41 Å². The SMILES string of the molecule is COC(=O)C1(C(=O)N(C)CC2CCCN(C)C2)CC1. The molecule has 2 fully saturated rings. The molecular weight excluding hydrogens is 244 g/mol. The van der Waals surface area contributed by atoms with E-state index in [0.717, 1.165) is 26.1 Å². The second-order valence-corrected chi connectivity index (χ2v) is 6.03. The van der Waals surface area contributed by atoms with Crippen LogP contribution in [0, 0.1) is 11.3 Å². The predicted molar refractivity (Wildman–Crippen MR) is 71.5 cm³/mol. The van der Waals surface area contributed by atoms with Gasteiger partial charge in [0.1, 0.15) is 5.41 Å². The minimum absolute atomic E-state index is 0.0624. The van der Waals surface area contributed by atoms with Crippen LogP contribution in [0.2, 0.25) is 0 Å². The summed E-state index contributed by atoms with van der Waals surface area (Å²) >= 11 is 0. The van der Waals surface area contributed by atoms with Gasteiger partial charge in [-0.25, -0.2) is 0 Å². The summed E-state index contributed by atoms with van der Waals surface area (Å²) in [5.74, 6) is 0.0823. The van der Waals surface area contributed by atoms with Crippen molar-refractivity contribution in [3.8, 4) is 0 Å². The predicted octanol–water partition coefficient (Wildman–Crippen LogP) is 0.740. The van der Waals surface area contributed by atoms with Crippen LogP contribution < -0.4 is 0 Å². The molecule has 0 aromatic heterocycles. The summed E-state index contributed by atoms with van der Waals surface area (Å²) in [6.45, 7) is 2.91. The van der Waals surface area contributed by atoms with Gasteiger partial charge in [-0.05, 0) is 45.2 Å². The van der Waals surface area contributed by atoms with Crippen LogP contribution in [0.3, 0.4) is 0 Å². The van der Waals surface area contributed by atoms with Crippen molar-refractivity contribution in [2.24, 2.45) is 11.3 Å². The largest absolute Gasteiger partial charge is 0.468 e. The van der Waals surface area contributed by atoms with Gasteiger partial charge >= 0.3 is 5.97 Å². The third-order valence-electron chi connectivity index (χ3n) is 4.34. The summed E-state index contributed by atoms with van der Waals surface area (Å²) in [7, 11) is 5.27. The highest BCUT2D eigenvalue weighted by atomic mass is 16.5. The zero-order chi connectivity index (χ0) is 14.0. The summed E-state index contributed by atoms with van der Waals surface area (Å²) in [5, 5.41) is 0. The number of likely N-dealkylation sites (tertiary alicyclic amines) is 1. The molecule has 2 rings (SSSR count). The lowest BCUT2D eigenvalue weighted by Gasteiger charge is -2.33. The van der Waals surface area contributed by atoms with Crippen molar-refractivity contribution in [3.05, 3.63) is 0 Å². The molecule has 0 radical (unpaired) electrons. The van der Waals surface area contributed by atoms with Crippen LogP contribution in [-0.2, 0) is 14.3 Å². The van der Waals surface area contributed by atoms with Gasteiger partial charge in [0.05, 0.1) is 7.11 Å². The molecule has 0 aromatic carbocycles. The normalized spacial score (nSPS) is 25.7. The Hall–Kier alpha value is -1.10. The van der Waals surface area contributed by atoms with Gasteiger partial charge in [0.25, 0.3) is 0 Å². The average molecular weight is 268 g/mol. The summed E-state index contributed by atoms with van der Waals surface area (Å²) < 4.78 is 4.76. The van der Waals surface area contributed by atoms with E-state index in [9.17, 15) is 9.59 Å². The highest BCUT2D eigenvalue weighted by molar-refractivity contribution is 6.05. The van der Waals surface area contributed by atoms with Gasteiger partial charge in [-0.1, -0.05) is 0 Å². The third-order valence-corrected chi connectivity index (χ3v) is 4.34. The van der Waals surface area contributed by atoms with Crippen LogP contribution in [0.5, 0.6) is 0 Å². The van der Waals surface area contributed by atoms with Crippen LogP contribution in [0.4, 0.5) is 0 Å². The molecule has 0 aromatic rings. The van der Waals surface area contributed by atoms with E-state index in [1.165, 1.54) is 13.5 Å². The first-order valence-corrected chi connectivity index (χ1v) is 7.02. The van der Waals surface area contributed by atoms with Gasteiger partial charge in [-0.3, -0.25) is 9.59 Å². The molecule has 0 N–H and O–H groups in total. The van der Waals surface area contributed by atoms with Crippen molar-refractivity contribution in [2.45, 2.75) is 25.7 Å². The van der Waals surface area contributed by atoms with E-state index in [1.54, 1.807) is 11.9 Å². The van der Waals surface area contributed by atoms with E-state index in [-0.39, 0.29) is 11.9 Å². The fourth-order valence-corrected chi connectivity index (χ4v) is 3.08. The van der Waals surface area contributed by atoms with Crippen molar-refractivity contribution in [2.75, 3.05) is 40.8 Å². The molecule has 1 aliphatic carbocycles. The second-order valence-electron chi connectivity index (χ2n) is 6.03. The number of ether oxygens (including phenoxy) is 1. The maximum absolute atomic E-state index is 12.4. The Morgan fingerprint density at radius 3 is 2.63 bits per heavy atom. The lowest BCUT2D eigenvalue weighted by Crippen LogP contribution is -2.44. The topological polar surface area (TPSA) is 49.9 Å². The summed E-state index contributed by atoms with van der Waals surface area (Å²) in [4.78, 5) is 28.1. The highest BCUT2D eigenvalue weighted by Crippen LogP contribution is 2.48. The zero-order valence-electron chi connectivity index (χ0n) is 12.1. The monoisotopic (exact) mass is 268 g/mol. The molecule has 5 nitrogen and oxygen atoms in total. The Labute approximate surface area is 114 Å². The van der Waals surface area contributed by atoms with Gasteiger partial charge < -0.3 is 14.5 Å². The number of nitrogens with zero attached hydrogens (tertiary/aromatic N) is 2. The van der Waals surface area contributed by atoms with Crippen LogP contribution in [0.15, 0.2) is 0 Å². The van der Waals surface area contributed by atoms with Crippen LogP contribution in [-0.4, -0.2) is 62.5 Å². The third kappa shape index (κ3) is 2.91. The molecule has 1 saturated carbocycles. The van der Waals surface area contributed by atoms with Crippen molar-refractivity contribution >= 4 is 11.9 Å². The molecule has 2 aliphatic rings. The molecule has 1 atom stereocenters. The number of hydrogen-bond acceptors (Lipinski definition) is 4. The molecule has 1 heterocycles. The van der Waals surface area contributed by atoms with Crippen LogP contribution in [0.1, 0.15) is 25.7 Å².